The minimum Gasteiger partial charge on any atom is -0.506 e. The molecule has 0 amide bonds. The number of nitrogens with one attached hydrogen (secondary N) is 1. The van der Waals surface area contributed by atoms with Gasteiger partial charge in [0.1, 0.15) is 5.75 Å². The molecule has 1 unspecified atom stereocenters. The number of hydrogen-bond donors (Lipinski definition) is 2. The third kappa shape index (κ3) is 3.35. The van der Waals surface area contributed by atoms with Crippen LogP contribution in [-0.4, -0.2) is 18.8 Å². The molecular formula is C10H11BrN2O3S. The monoisotopic (exact) mass is 318 g/mol. The molecule has 1 aromatic carbocycles. The molecule has 0 aliphatic rings. The van der Waals surface area contributed by atoms with Crippen molar-refractivity contribution in [2.45, 2.75) is 18.6 Å². The highest BCUT2D eigenvalue weighted by atomic mass is 79.9. The Morgan fingerprint density at radius 2 is 2.24 bits per heavy atom. The van der Waals surface area contributed by atoms with Gasteiger partial charge in [-0.2, -0.15) is 5.26 Å². The summed E-state index contributed by atoms with van der Waals surface area (Å²) in [5, 5.41) is 17.1. The fraction of sp³-hybridized carbons (Fsp3) is 0.300. The van der Waals surface area contributed by atoms with E-state index in [1.807, 2.05) is 0 Å². The molecular weight excluding hydrogens is 308 g/mol. The minimum absolute atomic E-state index is 0.0491. The lowest BCUT2D eigenvalue weighted by Crippen LogP contribution is -2.25. The predicted molar refractivity (Wildman–Crippen MR) is 68.0 cm³/mol. The van der Waals surface area contributed by atoms with Crippen molar-refractivity contribution >= 4 is 31.6 Å². The normalized spacial score (nSPS) is 12.8. The molecule has 0 spiro atoms. The van der Waals surface area contributed by atoms with E-state index in [9.17, 15) is 13.5 Å². The van der Waals surface area contributed by atoms with Gasteiger partial charge in [0.25, 0.3) is 0 Å². The fourth-order valence-corrected chi connectivity index (χ4v) is 2.75. The second-order valence-electron chi connectivity index (χ2n) is 3.33. The SMILES string of the molecule is CCC(C#N)S(=O)(=O)Nc1cc(Br)ccc1O. The zero-order chi connectivity index (χ0) is 13.1. The van der Waals surface area contributed by atoms with E-state index in [4.69, 9.17) is 5.26 Å². The Kier molecular flexibility index (Phi) is 4.37. The Morgan fingerprint density at radius 1 is 1.59 bits per heavy atom. The summed E-state index contributed by atoms with van der Waals surface area (Å²) in [6.45, 7) is 1.61. The minimum atomic E-state index is -3.81. The summed E-state index contributed by atoms with van der Waals surface area (Å²) in [6.07, 6.45) is 0.181. The summed E-state index contributed by atoms with van der Waals surface area (Å²) < 4.78 is 26.4. The maximum absolute atomic E-state index is 11.8. The number of hydrogen-bond acceptors (Lipinski definition) is 4. The van der Waals surface area contributed by atoms with Crippen molar-refractivity contribution in [1.82, 2.24) is 0 Å². The van der Waals surface area contributed by atoms with Crippen LogP contribution in [0.3, 0.4) is 0 Å². The van der Waals surface area contributed by atoms with Gasteiger partial charge in [-0.15, -0.1) is 0 Å². The molecule has 0 saturated heterocycles. The zero-order valence-corrected chi connectivity index (χ0v) is 11.4. The van der Waals surface area contributed by atoms with Crippen LogP contribution >= 0.6 is 15.9 Å². The molecule has 0 radical (unpaired) electrons. The number of rotatable bonds is 4. The molecule has 7 heteroatoms. The summed E-state index contributed by atoms with van der Waals surface area (Å²) in [6, 6.07) is 6.06. The van der Waals surface area contributed by atoms with Gasteiger partial charge in [0.2, 0.25) is 10.0 Å². The standard InChI is InChI=1S/C10H11BrN2O3S/c1-2-8(6-12)17(15,16)13-9-5-7(11)3-4-10(9)14/h3-5,8,13-14H,2H2,1H3. The number of nitrogens with zero attached hydrogens (tertiary/aromatic N) is 1. The molecule has 0 fully saturated rings. The van der Waals surface area contributed by atoms with E-state index in [2.05, 4.69) is 20.7 Å². The van der Waals surface area contributed by atoms with Crippen molar-refractivity contribution < 1.29 is 13.5 Å². The second kappa shape index (κ2) is 5.38. The first-order valence-electron chi connectivity index (χ1n) is 4.80. The van der Waals surface area contributed by atoms with Crippen LogP contribution in [0.4, 0.5) is 5.69 Å². The van der Waals surface area contributed by atoms with Gasteiger partial charge in [-0.05, 0) is 24.6 Å². The largest absolute Gasteiger partial charge is 0.506 e. The number of aromatic hydroxyl groups is 1. The number of phenols is 1. The third-order valence-corrected chi connectivity index (χ3v) is 4.29. The molecule has 0 saturated carbocycles. The second-order valence-corrected chi connectivity index (χ2v) is 6.11. The fourth-order valence-electron chi connectivity index (χ4n) is 1.19. The van der Waals surface area contributed by atoms with Gasteiger partial charge in [0.05, 0.1) is 11.8 Å². The molecule has 1 rings (SSSR count). The van der Waals surface area contributed by atoms with Gasteiger partial charge in [-0.25, -0.2) is 8.42 Å². The molecule has 1 aromatic rings. The van der Waals surface area contributed by atoms with Crippen LogP contribution in [0.2, 0.25) is 0 Å². The molecule has 0 heterocycles. The summed E-state index contributed by atoms with van der Waals surface area (Å²) in [7, 11) is -3.81. The molecule has 0 aromatic heterocycles. The van der Waals surface area contributed by atoms with Gasteiger partial charge in [-0.3, -0.25) is 4.72 Å². The smallest absolute Gasteiger partial charge is 0.249 e. The van der Waals surface area contributed by atoms with Gasteiger partial charge in [-0.1, -0.05) is 22.9 Å². The summed E-state index contributed by atoms with van der Waals surface area (Å²) in [5.41, 5.74) is 0.0491. The zero-order valence-electron chi connectivity index (χ0n) is 9.01. The van der Waals surface area contributed by atoms with E-state index in [1.54, 1.807) is 19.1 Å². The molecule has 0 aliphatic heterocycles. The van der Waals surface area contributed by atoms with Crippen LogP contribution in [0.1, 0.15) is 13.3 Å². The average molecular weight is 319 g/mol. The van der Waals surface area contributed by atoms with Crippen molar-refractivity contribution in [1.29, 1.82) is 5.26 Å². The van der Waals surface area contributed by atoms with Crippen molar-refractivity contribution in [2.24, 2.45) is 0 Å². The molecule has 92 valence electrons. The summed E-state index contributed by atoms with van der Waals surface area (Å²) >= 11 is 3.16. The van der Waals surface area contributed by atoms with E-state index in [0.717, 1.165) is 0 Å². The predicted octanol–water partition coefficient (Wildman–Crippen LogP) is 2.20. The highest BCUT2D eigenvalue weighted by molar-refractivity contribution is 9.10. The highest BCUT2D eigenvalue weighted by Crippen LogP contribution is 2.28. The first kappa shape index (κ1) is 13.8. The Morgan fingerprint density at radius 3 is 2.76 bits per heavy atom. The molecule has 2 N–H and O–H groups in total. The lowest BCUT2D eigenvalue weighted by molar-refractivity contribution is 0.477. The lowest BCUT2D eigenvalue weighted by atomic mass is 10.3. The highest BCUT2D eigenvalue weighted by Gasteiger charge is 2.24. The van der Waals surface area contributed by atoms with Crippen LogP contribution in [0, 0.1) is 11.3 Å². The Hall–Kier alpha value is -1.26. The van der Waals surface area contributed by atoms with E-state index in [-0.39, 0.29) is 17.9 Å². The number of benzene rings is 1. The number of halogens is 1. The first-order chi connectivity index (χ1) is 7.90. The van der Waals surface area contributed by atoms with Crippen molar-refractivity contribution in [3.05, 3.63) is 22.7 Å². The van der Waals surface area contributed by atoms with Crippen LogP contribution in [0.5, 0.6) is 5.75 Å². The van der Waals surface area contributed by atoms with Crippen molar-refractivity contribution in [3.63, 3.8) is 0 Å². The van der Waals surface area contributed by atoms with Crippen LogP contribution in [-0.2, 0) is 10.0 Å². The number of sulfonamides is 1. The quantitative estimate of drug-likeness (QED) is 0.833. The van der Waals surface area contributed by atoms with Gasteiger partial charge in [0.15, 0.2) is 5.25 Å². The van der Waals surface area contributed by atoms with Crippen molar-refractivity contribution in [2.75, 3.05) is 4.72 Å². The Labute approximate surface area is 108 Å². The summed E-state index contributed by atoms with van der Waals surface area (Å²) in [4.78, 5) is 0. The first-order valence-corrected chi connectivity index (χ1v) is 7.14. The molecule has 0 bridgehead atoms. The Balaban J connectivity index is 3.06. The van der Waals surface area contributed by atoms with E-state index >= 15 is 0 Å². The third-order valence-electron chi connectivity index (χ3n) is 2.10. The van der Waals surface area contributed by atoms with Crippen LogP contribution in [0.25, 0.3) is 0 Å². The maximum Gasteiger partial charge on any atom is 0.249 e. The molecule has 0 aliphatic carbocycles. The van der Waals surface area contributed by atoms with Gasteiger partial charge in [0, 0.05) is 4.47 Å². The van der Waals surface area contributed by atoms with Gasteiger partial charge < -0.3 is 5.11 Å². The van der Waals surface area contributed by atoms with E-state index < -0.39 is 15.3 Å². The number of anilines is 1. The molecule has 17 heavy (non-hydrogen) atoms. The Bertz CT molecular complexity index is 551. The van der Waals surface area contributed by atoms with Crippen molar-refractivity contribution in [3.8, 4) is 11.8 Å². The number of nitriles is 1. The van der Waals surface area contributed by atoms with E-state index in [1.165, 1.54) is 12.1 Å². The van der Waals surface area contributed by atoms with Crippen LogP contribution in [0.15, 0.2) is 22.7 Å². The average Bonchev–Trinajstić information content (AvgIpc) is 2.24. The lowest BCUT2D eigenvalue weighted by Gasteiger charge is -2.12. The maximum atomic E-state index is 11.8. The molecule has 1 atom stereocenters. The van der Waals surface area contributed by atoms with Gasteiger partial charge >= 0.3 is 0 Å². The molecule has 5 nitrogen and oxygen atoms in total. The van der Waals surface area contributed by atoms with Crippen LogP contribution < -0.4 is 4.72 Å². The number of phenolic OH excluding ortho intramolecular Hbond substituents is 1. The van der Waals surface area contributed by atoms with E-state index in [0.29, 0.717) is 4.47 Å². The summed E-state index contributed by atoms with van der Waals surface area (Å²) in [5.74, 6) is -0.190. The topological polar surface area (TPSA) is 90.2 Å².